The number of sulfonamides is 1. The maximum atomic E-state index is 12.1. The summed E-state index contributed by atoms with van der Waals surface area (Å²) in [7, 11) is -5.82. The highest BCUT2D eigenvalue weighted by atomic mass is 127. The molecule has 0 spiro atoms. The molecule has 0 saturated heterocycles. The first-order chi connectivity index (χ1) is 8.45. The fourth-order valence-corrected chi connectivity index (χ4v) is 5.41. The van der Waals surface area contributed by atoms with Gasteiger partial charge in [-0.05, 0) is 79.9 Å². The van der Waals surface area contributed by atoms with Gasteiger partial charge in [0.25, 0.3) is 0 Å². The summed E-state index contributed by atoms with van der Waals surface area (Å²) >= 11 is 5.43. The van der Waals surface area contributed by atoms with Gasteiger partial charge in [-0.15, -0.1) is 0 Å². The Labute approximate surface area is 147 Å². The minimum atomic E-state index is -5.82. The van der Waals surface area contributed by atoms with Crippen LogP contribution in [0, 0.1) is 10.7 Å². The molecule has 1 aromatic rings. The largest absolute Gasteiger partial charge is 0.858 e. The molecule has 1 rings (SSSR count). The lowest BCUT2D eigenvalue weighted by atomic mass is 10.2. The van der Waals surface area contributed by atoms with Gasteiger partial charge in [0.1, 0.15) is 0 Å². The summed E-state index contributed by atoms with van der Waals surface area (Å²) in [5, 5.41) is 11.6. The normalized spacial score (nSPS) is 13.7. The van der Waals surface area contributed by atoms with Gasteiger partial charge < -0.3 is 5.11 Å². The average Bonchev–Trinajstić information content (AvgIpc) is 2.12. The minimum Gasteiger partial charge on any atom is -0.858 e. The fraction of sp³-hybridized carbons (Fsp3) is 0.125. The third kappa shape index (κ3) is 4.29. The van der Waals surface area contributed by atoms with E-state index in [0.717, 1.165) is 3.57 Å². The number of benzene rings is 1. The van der Waals surface area contributed by atoms with E-state index in [1.807, 2.05) is 22.6 Å². The fourth-order valence-electron chi connectivity index (χ4n) is 0.953. The van der Waals surface area contributed by atoms with Gasteiger partial charge in [0.2, 0.25) is 0 Å². The van der Waals surface area contributed by atoms with Gasteiger partial charge in [-0.25, -0.2) is 0 Å². The quantitative estimate of drug-likeness (QED) is 0.287. The summed E-state index contributed by atoms with van der Waals surface area (Å²) in [4.78, 5) is 0. The molecule has 0 saturated carbocycles. The Balaban J connectivity index is 3.41. The number of halogens is 6. The Morgan fingerprint density at radius 3 is 1.95 bits per heavy atom. The zero-order chi connectivity index (χ0) is 15.0. The molecule has 0 atom stereocenters. The van der Waals surface area contributed by atoms with E-state index in [2.05, 4.69) is 4.40 Å². The topological polar surface area (TPSA) is 69.6 Å². The van der Waals surface area contributed by atoms with E-state index < -0.39 is 21.4 Å². The highest BCUT2D eigenvalue weighted by Gasteiger charge is 2.45. The average molecular weight is 630 g/mol. The summed E-state index contributed by atoms with van der Waals surface area (Å²) in [6, 6.07) is 3.07. The van der Waals surface area contributed by atoms with Crippen molar-refractivity contribution in [2.75, 3.05) is 0 Å². The van der Waals surface area contributed by atoms with Gasteiger partial charge in [0.05, 0.1) is 0 Å². The Bertz CT molecular complexity index is 619. The molecule has 0 bridgehead atoms. The van der Waals surface area contributed by atoms with Crippen LogP contribution >= 0.6 is 67.8 Å². The molecule has 0 heterocycles. The van der Waals surface area contributed by atoms with Crippen molar-refractivity contribution in [3.63, 3.8) is 0 Å². The van der Waals surface area contributed by atoms with Crippen molar-refractivity contribution in [2.45, 2.75) is 5.51 Å². The van der Waals surface area contributed by atoms with Crippen molar-refractivity contribution >= 4 is 83.7 Å². The molecule has 0 aliphatic rings. The van der Waals surface area contributed by atoms with Crippen molar-refractivity contribution in [3.8, 4) is 0 Å². The van der Waals surface area contributed by atoms with Crippen LogP contribution in [-0.2, 0) is 10.0 Å². The first-order valence-electron chi connectivity index (χ1n) is 4.19. The van der Waals surface area contributed by atoms with Crippen LogP contribution in [0.3, 0.4) is 0 Å². The van der Waals surface area contributed by atoms with Gasteiger partial charge >= 0.3 is 15.5 Å². The van der Waals surface area contributed by atoms with E-state index in [0.29, 0.717) is 7.14 Å². The molecule has 0 unspecified atom stereocenters. The molecule has 0 amide bonds. The summed E-state index contributed by atoms with van der Waals surface area (Å²) in [5.41, 5.74) is -5.74. The lowest BCUT2D eigenvalue weighted by molar-refractivity contribution is -0.212. The summed E-state index contributed by atoms with van der Waals surface area (Å²) in [6.45, 7) is 0. The number of hydrogen-bond acceptors (Lipinski definition) is 3. The maximum absolute atomic E-state index is 12.1. The lowest BCUT2D eigenvalue weighted by Gasteiger charge is -2.15. The second kappa shape index (κ2) is 6.17. The smallest absolute Gasteiger partial charge is 0.518 e. The van der Waals surface area contributed by atoms with Gasteiger partial charge in [-0.3, -0.25) is 0 Å². The Hall–Kier alpha value is 0.620. The molecule has 1 aromatic carbocycles. The van der Waals surface area contributed by atoms with E-state index in [-0.39, 0.29) is 5.56 Å². The second-order valence-electron chi connectivity index (χ2n) is 3.06. The highest BCUT2D eigenvalue weighted by molar-refractivity contribution is 14.1. The van der Waals surface area contributed by atoms with E-state index in [9.17, 15) is 26.7 Å². The number of alkyl halides is 3. The standard InChI is InChI=1S/C8H3F3I3NO3S/c9-8(10,11)19(17,18)15-7(16)6-4(13)1-3(12)2-5(6)14/h1-2H,(H,15,16)/p-1. The molecule has 0 N–H and O–H groups in total. The molecule has 4 nitrogen and oxygen atoms in total. The minimum absolute atomic E-state index is 0.158. The van der Waals surface area contributed by atoms with Crippen LogP contribution in [0.1, 0.15) is 5.56 Å². The molecular weight excluding hydrogens is 628 g/mol. The molecule has 0 aliphatic heterocycles. The van der Waals surface area contributed by atoms with Crippen LogP contribution in [0.4, 0.5) is 13.2 Å². The second-order valence-corrected chi connectivity index (χ2v) is 8.23. The zero-order valence-corrected chi connectivity index (χ0v) is 15.8. The predicted molar refractivity (Wildman–Crippen MR) is 86.1 cm³/mol. The van der Waals surface area contributed by atoms with Crippen LogP contribution in [0.25, 0.3) is 0 Å². The predicted octanol–water partition coefficient (Wildman–Crippen LogP) is 2.46. The van der Waals surface area contributed by atoms with Crippen LogP contribution < -0.4 is 5.11 Å². The van der Waals surface area contributed by atoms with Gasteiger partial charge in [-0.1, -0.05) is 0 Å². The van der Waals surface area contributed by atoms with Crippen molar-refractivity contribution in [2.24, 2.45) is 4.40 Å². The van der Waals surface area contributed by atoms with E-state index in [1.165, 1.54) is 12.1 Å². The Kier molecular flexibility index (Phi) is 5.73. The number of nitrogens with zero attached hydrogens (tertiary/aromatic N) is 1. The van der Waals surface area contributed by atoms with Crippen LogP contribution in [0.2, 0.25) is 0 Å². The summed E-state index contributed by atoms with van der Waals surface area (Å²) < 4.78 is 61.8. The van der Waals surface area contributed by atoms with Crippen molar-refractivity contribution < 1.29 is 26.7 Å². The van der Waals surface area contributed by atoms with Crippen molar-refractivity contribution in [1.29, 1.82) is 0 Å². The van der Waals surface area contributed by atoms with Crippen LogP contribution in [0.5, 0.6) is 0 Å². The lowest BCUT2D eigenvalue weighted by Crippen LogP contribution is -2.28. The summed E-state index contributed by atoms with van der Waals surface area (Å²) in [5.74, 6) is -1.43. The maximum Gasteiger partial charge on any atom is 0.518 e. The SMILES string of the molecule is O=S(=O)(/N=C(\[O-])c1c(I)cc(I)cc1I)C(F)(F)F. The van der Waals surface area contributed by atoms with Crippen molar-refractivity contribution in [1.82, 2.24) is 0 Å². The molecule has 106 valence electrons. The molecule has 0 radical (unpaired) electrons. The van der Waals surface area contributed by atoms with Crippen LogP contribution in [0.15, 0.2) is 16.5 Å². The first kappa shape index (κ1) is 17.7. The van der Waals surface area contributed by atoms with E-state index in [4.69, 9.17) is 0 Å². The number of rotatable bonds is 2. The third-order valence-electron chi connectivity index (χ3n) is 1.72. The van der Waals surface area contributed by atoms with Gasteiger partial charge in [-0.2, -0.15) is 26.0 Å². The first-order valence-corrected chi connectivity index (χ1v) is 8.86. The highest BCUT2D eigenvalue weighted by Crippen LogP contribution is 2.27. The molecule has 0 fully saturated rings. The molecular formula is C8H2F3I3NO3S-. The van der Waals surface area contributed by atoms with Gasteiger partial charge in [0, 0.05) is 22.2 Å². The number of hydrogen-bond donors (Lipinski definition) is 0. The molecule has 11 heteroatoms. The van der Waals surface area contributed by atoms with Gasteiger partial charge in [0.15, 0.2) is 0 Å². The third-order valence-corrected chi connectivity index (χ3v) is 5.03. The van der Waals surface area contributed by atoms with E-state index in [1.54, 1.807) is 45.2 Å². The molecule has 0 aromatic heterocycles. The molecule has 0 aliphatic carbocycles. The summed E-state index contributed by atoms with van der Waals surface area (Å²) in [6.07, 6.45) is 0. The van der Waals surface area contributed by atoms with Crippen LogP contribution in [-0.4, -0.2) is 19.8 Å². The monoisotopic (exact) mass is 630 g/mol. The van der Waals surface area contributed by atoms with Crippen molar-refractivity contribution in [3.05, 3.63) is 28.4 Å². The Morgan fingerprint density at radius 1 is 1.16 bits per heavy atom. The molecule has 19 heavy (non-hydrogen) atoms. The zero-order valence-electron chi connectivity index (χ0n) is 8.50. The van der Waals surface area contributed by atoms with E-state index >= 15 is 0 Å². The Morgan fingerprint density at radius 2 is 1.58 bits per heavy atom.